The first-order chi connectivity index (χ1) is 12.1. The summed E-state index contributed by atoms with van der Waals surface area (Å²) in [5.74, 6) is 0.184. The minimum atomic E-state index is -0.229. The van der Waals surface area contributed by atoms with Crippen molar-refractivity contribution >= 4 is 11.6 Å². The van der Waals surface area contributed by atoms with E-state index in [1.54, 1.807) is 0 Å². The van der Waals surface area contributed by atoms with Gasteiger partial charge in [-0.25, -0.2) is 0 Å². The van der Waals surface area contributed by atoms with E-state index in [4.69, 9.17) is 0 Å². The van der Waals surface area contributed by atoms with Crippen molar-refractivity contribution in [2.24, 2.45) is 0 Å². The van der Waals surface area contributed by atoms with Gasteiger partial charge in [0.1, 0.15) is 6.04 Å². The van der Waals surface area contributed by atoms with E-state index in [0.717, 1.165) is 31.7 Å². The van der Waals surface area contributed by atoms with Crippen molar-refractivity contribution in [2.45, 2.75) is 13.0 Å². The quantitative estimate of drug-likeness (QED) is 0.858. The number of nitrogens with zero attached hydrogens (tertiary/aromatic N) is 4. The van der Waals surface area contributed by atoms with Gasteiger partial charge in [0.2, 0.25) is 5.91 Å². The topological polar surface area (TPSA) is 39.7 Å². The summed E-state index contributed by atoms with van der Waals surface area (Å²) in [6.45, 7) is 5.26. The van der Waals surface area contributed by atoms with Crippen LogP contribution in [0.25, 0.3) is 0 Å². The highest BCUT2D eigenvalue weighted by Gasteiger charge is 2.30. The molecule has 132 valence electrons. The molecule has 1 unspecified atom stereocenters. The molecule has 5 heteroatoms. The Bertz CT molecular complexity index is 691. The van der Waals surface area contributed by atoms with Gasteiger partial charge in [0.05, 0.1) is 0 Å². The van der Waals surface area contributed by atoms with Gasteiger partial charge in [-0.15, -0.1) is 0 Å². The molecule has 0 saturated carbocycles. The largest absolute Gasteiger partial charge is 0.368 e. The average Bonchev–Trinajstić information content (AvgIpc) is 2.64. The maximum absolute atomic E-state index is 13.1. The Balaban J connectivity index is 1.68. The molecule has 0 N–H and O–H groups in total. The van der Waals surface area contributed by atoms with Crippen molar-refractivity contribution < 1.29 is 4.79 Å². The molecule has 1 atom stereocenters. The number of anilines is 1. The highest BCUT2D eigenvalue weighted by molar-refractivity contribution is 5.83. The number of carbonyl (C=O) groups excluding carboxylic acids is 1. The lowest BCUT2D eigenvalue weighted by Gasteiger charge is -2.38. The standard InChI is InChI=1S/C20H26N4O/c1-16-4-6-17(7-5-16)19(22(2)3)20(25)24-14-12-23(13-15-24)18-8-10-21-11-9-18/h4-11,19H,12-15H2,1-3H3. The van der Waals surface area contributed by atoms with Crippen molar-refractivity contribution in [1.82, 2.24) is 14.8 Å². The molecule has 5 nitrogen and oxygen atoms in total. The van der Waals surface area contributed by atoms with E-state index in [0.29, 0.717) is 0 Å². The third-order valence-electron chi connectivity index (χ3n) is 4.76. The van der Waals surface area contributed by atoms with Gasteiger partial charge in [0.25, 0.3) is 0 Å². The Morgan fingerprint density at radius 2 is 1.60 bits per heavy atom. The number of aromatic nitrogens is 1. The molecule has 1 fully saturated rings. The molecule has 1 aromatic heterocycles. The van der Waals surface area contributed by atoms with E-state index < -0.39 is 0 Å². The highest BCUT2D eigenvalue weighted by Crippen LogP contribution is 2.23. The molecule has 1 aliphatic heterocycles. The summed E-state index contributed by atoms with van der Waals surface area (Å²) >= 11 is 0. The zero-order valence-corrected chi connectivity index (χ0v) is 15.2. The molecule has 0 aliphatic carbocycles. The summed E-state index contributed by atoms with van der Waals surface area (Å²) < 4.78 is 0. The van der Waals surface area contributed by atoms with Crippen molar-refractivity contribution in [3.8, 4) is 0 Å². The number of benzene rings is 1. The summed E-state index contributed by atoms with van der Waals surface area (Å²) in [6, 6.07) is 12.1. The van der Waals surface area contributed by atoms with Gasteiger partial charge in [-0.3, -0.25) is 14.7 Å². The van der Waals surface area contributed by atoms with E-state index in [1.165, 1.54) is 11.3 Å². The zero-order chi connectivity index (χ0) is 17.8. The number of aryl methyl sites for hydroxylation is 1. The summed E-state index contributed by atoms with van der Waals surface area (Å²) in [5.41, 5.74) is 3.43. The molecule has 0 bridgehead atoms. The lowest BCUT2D eigenvalue weighted by molar-refractivity contribution is -0.136. The van der Waals surface area contributed by atoms with Gasteiger partial charge in [0, 0.05) is 44.3 Å². The Kier molecular flexibility index (Phi) is 5.34. The number of piperazine rings is 1. The molecule has 2 aromatic rings. The molecular weight excluding hydrogens is 312 g/mol. The monoisotopic (exact) mass is 338 g/mol. The minimum absolute atomic E-state index is 0.184. The summed E-state index contributed by atoms with van der Waals surface area (Å²) in [5, 5.41) is 0. The average molecular weight is 338 g/mol. The molecular formula is C20H26N4O. The molecule has 1 aliphatic rings. The van der Waals surface area contributed by atoms with Gasteiger partial charge in [-0.05, 0) is 38.7 Å². The smallest absolute Gasteiger partial charge is 0.244 e. The SMILES string of the molecule is Cc1ccc(C(C(=O)N2CCN(c3ccncc3)CC2)N(C)C)cc1. The first-order valence-corrected chi connectivity index (χ1v) is 8.73. The number of rotatable bonds is 4. The Morgan fingerprint density at radius 3 is 2.16 bits per heavy atom. The van der Waals surface area contributed by atoms with Crippen LogP contribution < -0.4 is 4.90 Å². The Labute approximate surface area is 149 Å². The van der Waals surface area contributed by atoms with Crippen LogP contribution in [0.4, 0.5) is 5.69 Å². The van der Waals surface area contributed by atoms with Gasteiger partial charge in [-0.2, -0.15) is 0 Å². The van der Waals surface area contributed by atoms with Crippen LogP contribution in [0.1, 0.15) is 17.2 Å². The van der Waals surface area contributed by atoms with E-state index in [9.17, 15) is 4.79 Å². The van der Waals surface area contributed by atoms with Crippen LogP contribution in [0.2, 0.25) is 0 Å². The molecule has 25 heavy (non-hydrogen) atoms. The number of hydrogen-bond donors (Lipinski definition) is 0. The van der Waals surface area contributed by atoms with E-state index in [2.05, 4.69) is 41.1 Å². The second-order valence-corrected chi connectivity index (χ2v) is 6.79. The molecule has 1 amide bonds. The van der Waals surface area contributed by atoms with Crippen LogP contribution in [0, 0.1) is 6.92 Å². The van der Waals surface area contributed by atoms with Gasteiger partial charge >= 0.3 is 0 Å². The molecule has 0 radical (unpaired) electrons. The molecule has 2 heterocycles. The van der Waals surface area contributed by atoms with Crippen molar-refractivity contribution in [2.75, 3.05) is 45.2 Å². The zero-order valence-electron chi connectivity index (χ0n) is 15.2. The second-order valence-electron chi connectivity index (χ2n) is 6.79. The molecule has 3 rings (SSSR count). The molecule has 1 saturated heterocycles. The second kappa shape index (κ2) is 7.66. The molecule has 1 aromatic carbocycles. The van der Waals surface area contributed by atoms with Crippen LogP contribution in [0.5, 0.6) is 0 Å². The summed E-state index contributed by atoms with van der Waals surface area (Å²) in [4.78, 5) is 23.5. The van der Waals surface area contributed by atoms with Crippen LogP contribution >= 0.6 is 0 Å². The number of hydrogen-bond acceptors (Lipinski definition) is 4. The van der Waals surface area contributed by atoms with Gasteiger partial charge < -0.3 is 9.80 Å². The van der Waals surface area contributed by atoms with Crippen LogP contribution in [0.3, 0.4) is 0 Å². The predicted octanol–water partition coefficient (Wildman–Crippen LogP) is 2.34. The van der Waals surface area contributed by atoms with Crippen molar-refractivity contribution in [1.29, 1.82) is 0 Å². The maximum atomic E-state index is 13.1. The van der Waals surface area contributed by atoms with E-state index in [-0.39, 0.29) is 11.9 Å². The fourth-order valence-electron chi connectivity index (χ4n) is 3.32. The summed E-state index contributed by atoms with van der Waals surface area (Å²) in [7, 11) is 3.94. The fourth-order valence-corrected chi connectivity index (χ4v) is 3.32. The van der Waals surface area contributed by atoms with Crippen LogP contribution in [-0.4, -0.2) is 61.0 Å². The van der Waals surface area contributed by atoms with Crippen molar-refractivity contribution in [3.63, 3.8) is 0 Å². The predicted molar refractivity (Wildman–Crippen MR) is 101 cm³/mol. The lowest BCUT2D eigenvalue weighted by Crippen LogP contribution is -2.51. The van der Waals surface area contributed by atoms with Gasteiger partial charge in [-0.1, -0.05) is 29.8 Å². The Hall–Kier alpha value is -2.40. The highest BCUT2D eigenvalue weighted by atomic mass is 16.2. The molecule has 0 spiro atoms. The number of amides is 1. The maximum Gasteiger partial charge on any atom is 0.244 e. The fraction of sp³-hybridized carbons (Fsp3) is 0.400. The normalized spacial score (nSPS) is 16.2. The van der Waals surface area contributed by atoms with Gasteiger partial charge in [0.15, 0.2) is 0 Å². The van der Waals surface area contributed by atoms with Crippen LogP contribution in [0.15, 0.2) is 48.8 Å². The van der Waals surface area contributed by atoms with Crippen molar-refractivity contribution in [3.05, 3.63) is 59.9 Å². The van der Waals surface area contributed by atoms with E-state index >= 15 is 0 Å². The first kappa shape index (κ1) is 17.4. The third-order valence-corrected chi connectivity index (χ3v) is 4.76. The minimum Gasteiger partial charge on any atom is -0.368 e. The van der Waals surface area contributed by atoms with E-state index in [1.807, 2.05) is 48.4 Å². The first-order valence-electron chi connectivity index (χ1n) is 8.73. The summed E-state index contributed by atoms with van der Waals surface area (Å²) in [6.07, 6.45) is 3.62. The number of carbonyl (C=O) groups is 1. The lowest BCUT2D eigenvalue weighted by atomic mass is 10.0. The number of likely N-dealkylation sites (N-methyl/N-ethyl adjacent to an activating group) is 1. The Morgan fingerprint density at radius 1 is 1.00 bits per heavy atom. The third kappa shape index (κ3) is 3.99. The number of pyridine rings is 1. The van der Waals surface area contributed by atoms with Crippen LogP contribution in [-0.2, 0) is 4.79 Å².